The van der Waals surface area contributed by atoms with Crippen LogP contribution in [0.15, 0.2) is 11.0 Å². The summed E-state index contributed by atoms with van der Waals surface area (Å²) in [6.07, 6.45) is -3.17. The van der Waals surface area contributed by atoms with Crippen molar-refractivity contribution in [2.24, 2.45) is 0 Å². The maximum Gasteiger partial charge on any atom is 0.351 e. The van der Waals surface area contributed by atoms with Crippen LogP contribution in [0.1, 0.15) is 6.23 Å². The van der Waals surface area contributed by atoms with E-state index in [2.05, 4.69) is 14.8 Å². The quantitative estimate of drug-likeness (QED) is 0.488. The minimum atomic E-state index is -1.16. The predicted molar refractivity (Wildman–Crippen MR) is 67.6 cm³/mol. The first-order chi connectivity index (χ1) is 10.5. The van der Waals surface area contributed by atoms with Gasteiger partial charge in [-0.2, -0.15) is 4.98 Å². The molecule has 0 amide bonds. The molecule has 124 valence electrons. The fraction of sp³-hybridized carbons (Fsp3) is 0.636. The summed E-state index contributed by atoms with van der Waals surface area (Å²) in [6, 6.07) is 0. The molecule has 10 nitrogen and oxygen atoms in total. The van der Waals surface area contributed by atoms with E-state index in [-0.39, 0.29) is 0 Å². The highest BCUT2D eigenvalue weighted by molar-refractivity contribution is 5.26. The molecule has 11 heteroatoms. The van der Waals surface area contributed by atoms with E-state index in [1.807, 2.05) is 0 Å². The lowest BCUT2D eigenvalue weighted by Crippen LogP contribution is -2.39. The van der Waals surface area contributed by atoms with Gasteiger partial charge in [0.15, 0.2) is 30.1 Å². The standard InChI is InChI=1S/C11H16FN3O7/c1-18-21-7-6(4-16)20-10(8(7)22-19-2)15-3-5(12)9(13)14-11(15)17/h3,6-8,10,16H,4H2,1-2H3,(H2,13,14,17)/t6-,7?,8?,10-/m0/s1. The molecule has 0 radical (unpaired) electrons. The minimum Gasteiger partial charge on any atom is -0.394 e. The monoisotopic (exact) mass is 321 g/mol. The van der Waals surface area contributed by atoms with Crippen LogP contribution >= 0.6 is 0 Å². The van der Waals surface area contributed by atoms with Crippen molar-refractivity contribution >= 4 is 5.82 Å². The molecule has 0 spiro atoms. The van der Waals surface area contributed by atoms with Crippen LogP contribution in [0.3, 0.4) is 0 Å². The molecule has 2 heterocycles. The minimum absolute atomic E-state index is 0.451. The maximum atomic E-state index is 13.6. The van der Waals surface area contributed by atoms with Crippen molar-refractivity contribution < 1.29 is 33.8 Å². The fourth-order valence-corrected chi connectivity index (χ4v) is 2.16. The first-order valence-electron chi connectivity index (χ1n) is 6.22. The Balaban J connectivity index is 2.40. The fourth-order valence-electron chi connectivity index (χ4n) is 2.16. The molecule has 22 heavy (non-hydrogen) atoms. The van der Waals surface area contributed by atoms with Crippen LogP contribution in [0, 0.1) is 5.82 Å². The van der Waals surface area contributed by atoms with E-state index < -0.39 is 48.5 Å². The molecule has 4 atom stereocenters. The van der Waals surface area contributed by atoms with Crippen LogP contribution in [0.5, 0.6) is 0 Å². The zero-order valence-electron chi connectivity index (χ0n) is 11.8. The second-order valence-electron chi connectivity index (χ2n) is 4.37. The van der Waals surface area contributed by atoms with Crippen LogP contribution in [0.2, 0.25) is 0 Å². The van der Waals surface area contributed by atoms with Crippen LogP contribution in [0.25, 0.3) is 0 Å². The summed E-state index contributed by atoms with van der Waals surface area (Å²) < 4.78 is 19.9. The van der Waals surface area contributed by atoms with Crippen molar-refractivity contribution in [3.63, 3.8) is 0 Å². The molecule has 0 bridgehead atoms. The van der Waals surface area contributed by atoms with E-state index in [4.69, 9.17) is 20.2 Å². The highest BCUT2D eigenvalue weighted by Gasteiger charge is 2.49. The lowest BCUT2D eigenvalue weighted by Gasteiger charge is -2.21. The third-order valence-electron chi connectivity index (χ3n) is 3.09. The number of ether oxygens (including phenoxy) is 1. The highest BCUT2D eigenvalue weighted by Crippen LogP contribution is 2.33. The van der Waals surface area contributed by atoms with Crippen LogP contribution in [-0.2, 0) is 24.3 Å². The molecule has 1 aliphatic heterocycles. The summed E-state index contributed by atoms with van der Waals surface area (Å²) in [7, 11) is 2.49. The second-order valence-corrected chi connectivity index (χ2v) is 4.37. The van der Waals surface area contributed by atoms with Crippen LogP contribution < -0.4 is 11.4 Å². The van der Waals surface area contributed by atoms with E-state index >= 15 is 0 Å². The maximum absolute atomic E-state index is 13.6. The van der Waals surface area contributed by atoms with E-state index in [0.29, 0.717) is 0 Å². The summed E-state index contributed by atoms with van der Waals surface area (Å²) in [5.41, 5.74) is 4.37. The van der Waals surface area contributed by atoms with E-state index in [0.717, 1.165) is 10.8 Å². The van der Waals surface area contributed by atoms with Gasteiger partial charge in [0.25, 0.3) is 0 Å². The Bertz CT molecular complexity index is 569. The Hall–Kier alpha value is -1.63. The molecule has 3 N–H and O–H groups in total. The summed E-state index contributed by atoms with van der Waals surface area (Å²) in [4.78, 5) is 34.4. The molecule has 1 aromatic heterocycles. The first-order valence-corrected chi connectivity index (χ1v) is 6.22. The zero-order chi connectivity index (χ0) is 16.3. The Labute approximate surface area is 124 Å². The number of hydrogen-bond acceptors (Lipinski definition) is 9. The molecule has 1 saturated heterocycles. The van der Waals surface area contributed by atoms with Gasteiger partial charge in [-0.15, -0.1) is 0 Å². The zero-order valence-corrected chi connectivity index (χ0v) is 11.8. The highest BCUT2D eigenvalue weighted by atomic mass is 19.1. The van der Waals surface area contributed by atoms with Gasteiger partial charge in [0.2, 0.25) is 0 Å². The summed E-state index contributed by atoms with van der Waals surface area (Å²) in [6.45, 7) is -0.451. The third kappa shape index (κ3) is 3.09. The van der Waals surface area contributed by atoms with Gasteiger partial charge in [0.1, 0.15) is 6.10 Å². The van der Waals surface area contributed by atoms with Gasteiger partial charge >= 0.3 is 5.69 Å². The van der Waals surface area contributed by atoms with E-state index in [9.17, 15) is 14.3 Å². The number of aliphatic hydroxyl groups excluding tert-OH is 1. The number of nitrogens with zero attached hydrogens (tertiary/aromatic N) is 2. The number of hydrogen-bond donors (Lipinski definition) is 2. The molecule has 2 unspecified atom stereocenters. The predicted octanol–water partition coefficient (Wildman–Crippen LogP) is -1.25. The van der Waals surface area contributed by atoms with Crippen molar-refractivity contribution in [2.75, 3.05) is 26.6 Å². The number of anilines is 1. The van der Waals surface area contributed by atoms with Crippen molar-refractivity contribution in [3.8, 4) is 0 Å². The van der Waals surface area contributed by atoms with Gasteiger partial charge in [-0.1, -0.05) is 0 Å². The summed E-state index contributed by atoms with van der Waals surface area (Å²) in [5, 5.41) is 9.33. The number of nitrogens with two attached hydrogens (primary N) is 1. The normalized spacial score (nSPS) is 28.2. The molecule has 1 aromatic rings. The smallest absolute Gasteiger partial charge is 0.351 e. The Morgan fingerprint density at radius 3 is 2.64 bits per heavy atom. The second kappa shape index (κ2) is 7.09. The Morgan fingerprint density at radius 1 is 1.41 bits per heavy atom. The summed E-state index contributed by atoms with van der Waals surface area (Å²) >= 11 is 0. The van der Waals surface area contributed by atoms with Crippen molar-refractivity contribution in [1.29, 1.82) is 0 Å². The first kappa shape index (κ1) is 16.7. The third-order valence-corrected chi connectivity index (χ3v) is 3.09. The van der Waals surface area contributed by atoms with Crippen molar-refractivity contribution in [1.82, 2.24) is 9.55 Å². The SMILES string of the molecule is COOC1C(OOC)[C@@H](n2cc(F)c(N)nc2=O)O[C@H]1CO. The molecule has 0 saturated carbocycles. The molecule has 0 aromatic carbocycles. The number of aliphatic hydroxyl groups is 1. The molecule has 1 aliphatic rings. The topological polar surface area (TPSA) is 127 Å². The van der Waals surface area contributed by atoms with Crippen molar-refractivity contribution in [2.45, 2.75) is 24.5 Å². The molecule has 2 rings (SSSR count). The Kier molecular flexibility index (Phi) is 5.39. The number of rotatable bonds is 6. The molecular formula is C11H16FN3O7. The number of nitrogen functional groups attached to an aromatic ring is 1. The van der Waals surface area contributed by atoms with Gasteiger partial charge in [-0.25, -0.2) is 28.7 Å². The molecular weight excluding hydrogens is 305 g/mol. The lowest BCUT2D eigenvalue weighted by atomic mass is 10.1. The van der Waals surface area contributed by atoms with Gasteiger partial charge in [0, 0.05) is 0 Å². The van der Waals surface area contributed by atoms with Gasteiger partial charge in [-0.05, 0) is 0 Å². The molecule has 0 aliphatic carbocycles. The average molecular weight is 321 g/mol. The Morgan fingerprint density at radius 2 is 2.05 bits per heavy atom. The average Bonchev–Trinajstić information content (AvgIpc) is 2.82. The van der Waals surface area contributed by atoms with Crippen LogP contribution in [-0.4, -0.2) is 53.8 Å². The van der Waals surface area contributed by atoms with Crippen LogP contribution in [0.4, 0.5) is 10.2 Å². The van der Waals surface area contributed by atoms with Crippen molar-refractivity contribution in [3.05, 3.63) is 22.5 Å². The van der Waals surface area contributed by atoms with Gasteiger partial charge in [0.05, 0.1) is 27.0 Å². The lowest BCUT2D eigenvalue weighted by molar-refractivity contribution is -0.374. The van der Waals surface area contributed by atoms with Gasteiger partial charge in [-0.3, -0.25) is 4.57 Å². The summed E-state index contributed by atoms with van der Waals surface area (Å²) in [5.74, 6) is -1.44. The van der Waals surface area contributed by atoms with Gasteiger partial charge < -0.3 is 15.6 Å². The number of halogens is 1. The van der Waals surface area contributed by atoms with E-state index in [1.165, 1.54) is 14.2 Å². The largest absolute Gasteiger partial charge is 0.394 e. The number of aromatic nitrogens is 2. The molecule has 1 fully saturated rings. The van der Waals surface area contributed by atoms with E-state index in [1.54, 1.807) is 0 Å².